The van der Waals surface area contributed by atoms with Crippen molar-refractivity contribution in [2.75, 3.05) is 6.61 Å². The first-order chi connectivity index (χ1) is 6.66. The van der Waals surface area contributed by atoms with Crippen LogP contribution in [0.25, 0.3) is 0 Å². The Labute approximate surface area is 103 Å². The predicted molar refractivity (Wildman–Crippen MR) is 64.6 cm³/mol. The zero-order valence-electron chi connectivity index (χ0n) is 8.12. The van der Waals surface area contributed by atoms with Gasteiger partial charge in [-0.25, -0.2) is 4.39 Å². The van der Waals surface area contributed by atoms with Crippen molar-refractivity contribution < 1.29 is 9.50 Å². The van der Waals surface area contributed by atoms with Crippen LogP contribution in [0.5, 0.6) is 0 Å². The predicted octanol–water partition coefficient (Wildman–Crippen LogP) is 2.78. The van der Waals surface area contributed by atoms with Crippen molar-refractivity contribution in [2.45, 2.75) is 18.9 Å². The number of aliphatic hydroxyl groups excluding tert-OH is 1. The maximum absolute atomic E-state index is 13.1. The van der Waals surface area contributed by atoms with Gasteiger partial charge in [0.05, 0.1) is 4.47 Å². The van der Waals surface area contributed by atoms with Crippen molar-refractivity contribution in [3.63, 3.8) is 0 Å². The van der Waals surface area contributed by atoms with Crippen molar-refractivity contribution in [3.8, 4) is 0 Å². The first-order valence-corrected chi connectivity index (χ1v) is 5.26. The monoisotopic (exact) mass is 297 g/mol. The van der Waals surface area contributed by atoms with E-state index >= 15 is 0 Å². The van der Waals surface area contributed by atoms with E-state index in [2.05, 4.69) is 15.9 Å². The lowest BCUT2D eigenvalue weighted by Gasteiger charge is -2.13. The largest absolute Gasteiger partial charge is 0.396 e. The SMILES string of the molecule is Cl.N[C@@H](CCCO)c1cccc(F)c1Br. The van der Waals surface area contributed by atoms with E-state index in [1.807, 2.05) is 0 Å². The summed E-state index contributed by atoms with van der Waals surface area (Å²) in [7, 11) is 0. The fourth-order valence-corrected chi connectivity index (χ4v) is 1.83. The van der Waals surface area contributed by atoms with Gasteiger partial charge in [0.15, 0.2) is 0 Å². The summed E-state index contributed by atoms with van der Waals surface area (Å²) < 4.78 is 13.5. The summed E-state index contributed by atoms with van der Waals surface area (Å²) in [4.78, 5) is 0. The standard InChI is InChI=1S/C10H13BrFNO.ClH/c11-10-7(3-1-4-8(10)12)9(13)5-2-6-14;/h1,3-4,9,14H,2,5-6,13H2;1H/t9-;/m0./s1. The van der Waals surface area contributed by atoms with E-state index in [9.17, 15) is 4.39 Å². The van der Waals surface area contributed by atoms with Crippen LogP contribution in [0, 0.1) is 5.82 Å². The third-order valence-corrected chi connectivity index (χ3v) is 2.89. The van der Waals surface area contributed by atoms with E-state index in [-0.39, 0.29) is 30.9 Å². The van der Waals surface area contributed by atoms with Crippen LogP contribution in [-0.2, 0) is 0 Å². The normalized spacial score (nSPS) is 12.0. The van der Waals surface area contributed by atoms with Gasteiger partial charge in [-0.05, 0) is 40.4 Å². The van der Waals surface area contributed by atoms with Crippen LogP contribution in [0.2, 0.25) is 0 Å². The molecule has 5 heteroatoms. The lowest BCUT2D eigenvalue weighted by molar-refractivity contribution is 0.280. The second kappa shape index (κ2) is 7.17. The number of nitrogens with two attached hydrogens (primary N) is 1. The summed E-state index contributed by atoms with van der Waals surface area (Å²) in [6.45, 7) is 0.112. The highest BCUT2D eigenvalue weighted by Crippen LogP contribution is 2.26. The first-order valence-electron chi connectivity index (χ1n) is 4.47. The van der Waals surface area contributed by atoms with Crippen molar-refractivity contribution in [3.05, 3.63) is 34.1 Å². The van der Waals surface area contributed by atoms with Gasteiger partial charge in [0.1, 0.15) is 5.82 Å². The van der Waals surface area contributed by atoms with Crippen LogP contribution in [0.4, 0.5) is 4.39 Å². The molecule has 0 saturated heterocycles. The van der Waals surface area contributed by atoms with E-state index in [1.54, 1.807) is 12.1 Å². The molecule has 1 aromatic carbocycles. The molecule has 0 heterocycles. The minimum atomic E-state index is -0.304. The van der Waals surface area contributed by atoms with E-state index in [0.29, 0.717) is 17.3 Å². The molecule has 1 aromatic rings. The summed E-state index contributed by atoms with van der Waals surface area (Å²) in [5.41, 5.74) is 6.59. The van der Waals surface area contributed by atoms with Crippen molar-refractivity contribution in [1.82, 2.24) is 0 Å². The number of aliphatic hydroxyl groups is 1. The van der Waals surface area contributed by atoms with E-state index in [0.717, 1.165) is 5.56 Å². The molecule has 0 aliphatic carbocycles. The van der Waals surface area contributed by atoms with Gasteiger partial charge in [-0.3, -0.25) is 0 Å². The molecule has 2 nitrogen and oxygen atoms in total. The van der Waals surface area contributed by atoms with E-state index in [1.165, 1.54) is 6.07 Å². The first kappa shape index (κ1) is 14.8. The fourth-order valence-electron chi connectivity index (χ4n) is 1.27. The Morgan fingerprint density at radius 3 is 2.73 bits per heavy atom. The van der Waals surface area contributed by atoms with Crippen molar-refractivity contribution >= 4 is 28.3 Å². The Hall–Kier alpha value is -0.160. The number of hydrogen-bond acceptors (Lipinski definition) is 2. The molecule has 15 heavy (non-hydrogen) atoms. The molecule has 0 saturated carbocycles. The zero-order chi connectivity index (χ0) is 10.6. The molecular formula is C10H14BrClFNO. The van der Waals surface area contributed by atoms with Gasteiger partial charge in [-0.15, -0.1) is 12.4 Å². The molecule has 86 valence electrons. The number of hydrogen-bond donors (Lipinski definition) is 2. The van der Waals surface area contributed by atoms with Crippen LogP contribution in [0.15, 0.2) is 22.7 Å². The molecule has 0 aromatic heterocycles. The lowest BCUT2D eigenvalue weighted by atomic mass is 10.0. The highest BCUT2D eigenvalue weighted by molar-refractivity contribution is 9.10. The third-order valence-electron chi connectivity index (χ3n) is 2.05. The average Bonchev–Trinajstić information content (AvgIpc) is 2.18. The maximum atomic E-state index is 13.1. The summed E-state index contributed by atoms with van der Waals surface area (Å²) in [6, 6.07) is 4.57. The lowest BCUT2D eigenvalue weighted by Crippen LogP contribution is -2.12. The van der Waals surface area contributed by atoms with Gasteiger partial charge in [-0.1, -0.05) is 12.1 Å². The molecule has 0 radical (unpaired) electrons. The van der Waals surface area contributed by atoms with Gasteiger partial charge in [0.25, 0.3) is 0 Å². The molecule has 1 atom stereocenters. The Kier molecular flexibility index (Phi) is 7.09. The minimum Gasteiger partial charge on any atom is -0.396 e. The molecule has 0 bridgehead atoms. The molecule has 0 fully saturated rings. The zero-order valence-corrected chi connectivity index (χ0v) is 10.5. The van der Waals surface area contributed by atoms with Gasteiger partial charge in [0.2, 0.25) is 0 Å². The van der Waals surface area contributed by atoms with Crippen molar-refractivity contribution in [2.24, 2.45) is 5.73 Å². The topological polar surface area (TPSA) is 46.2 Å². The molecule has 3 N–H and O–H groups in total. The highest BCUT2D eigenvalue weighted by Gasteiger charge is 2.11. The summed E-state index contributed by atoms with van der Waals surface area (Å²) in [5.74, 6) is -0.304. The number of rotatable bonds is 4. The van der Waals surface area contributed by atoms with Gasteiger partial charge in [-0.2, -0.15) is 0 Å². The smallest absolute Gasteiger partial charge is 0.137 e. The quantitative estimate of drug-likeness (QED) is 0.898. The summed E-state index contributed by atoms with van der Waals surface area (Å²) in [6.07, 6.45) is 1.28. The molecule has 0 unspecified atom stereocenters. The minimum absolute atomic E-state index is 0. The Bertz CT molecular complexity index is 311. The molecular weight excluding hydrogens is 284 g/mol. The van der Waals surface area contributed by atoms with E-state index in [4.69, 9.17) is 10.8 Å². The highest BCUT2D eigenvalue weighted by atomic mass is 79.9. The van der Waals surface area contributed by atoms with Crippen LogP contribution < -0.4 is 5.73 Å². The summed E-state index contributed by atoms with van der Waals surface area (Å²) in [5, 5.41) is 8.64. The second-order valence-corrected chi connectivity index (χ2v) is 3.91. The van der Waals surface area contributed by atoms with Crippen LogP contribution in [0.1, 0.15) is 24.4 Å². The number of halogens is 3. The second-order valence-electron chi connectivity index (χ2n) is 3.12. The fraction of sp³-hybridized carbons (Fsp3) is 0.400. The van der Waals surface area contributed by atoms with Crippen LogP contribution in [0.3, 0.4) is 0 Å². The third kappa shape index (κ3) is 4.07. The molecule has 0 spiro atoms. The number of benzene rings is 1. The Balaban J connectivity index is 0.00000196. The Morgan fingerprint density at radius 2 is 2.13 bits per heavy atom. The van der Waals surface area contributed by atoms with E-state index < -0.39 is 0 Å². The maximum Gasteiger partial charge on any atom is 0.137 e. The molecule has 0 amide bonds. The molecule has 1 rings (SSSR count). The molecule has 0 aliphatic rings. The van der Waals surface area contributed by atoms with Crippen LogP contribution in [-0.4, -0.2) is 11.7 Å². The Morgan fingerprint density at radius 1 is 1.47 bits per heavy atom. The van der Waals surface area contributed by atoms with Gasteiger partial charge < -0.3 is 10.8 Å². The van der Waals surface area contributed by atoms with Gasteiger partial charge in [0, 0.05) is 12.6 Å². The van der Waals surface area contributed by atoms with Crippen molar-refractivity contribution in [1.29, 1.82) is 0 Å². The van der Waals surface area contributed by atoms with Gasteiger partial charge >= 0.3 is 0 Å². The summed E-state index contributed by atoms with van der Waals surface area (Å²) >= 11 is 3.16. The van der Waals surface area contributed by atoms with Crippen LogP contribution >= 0.6 is 28.3 Å². The average molecular weight is 299 g/mol. The molecule has 0 aliphatic heterocycles.